The Morgan fingerprint density at radius 3 is 2.53 bits per heavy atom. The molecule has 0 radical (unpaired) electrons. The molecule has 1 atom stereocenters. The summed E-state index contributed by atoms with van der Waals surface area (Å²) < 4.78 is 3.09. The van der Waals surface area contributed by atoms with Crippen molar-refractivity contribution in [3.63, 3.8) is 0 Å². The van der Waals surface area contributed by atoms with Crippen LogP contribution in [0.5, 0.6) is 0 Å². The van der Waals surface area contributed by atoms with Gasteiger partial charge < -0.3 is 9.67 Å². The Balaban J connectivity index is 2.50. The lowest BCUT2D eigenvalue weighted by molar-refractivity contribution is 0.0696. The van der Waals surface area contributed by atoms with E-state index in [1.807, 2.05) is 26.0 Å². The second kappa shape index (κ2) is 5.21. The second-order valence-electron chi connectivity index (χ2n) is 4.69. The third-order valence-corrected chi connectivity index (χ3v) is 3.93. The number of aryl methyl sites for hydroxylation is 1. The number of halogens is 1. The number of hydrogen-bond acceptors (Lipinski definition) is 1. The van der Waals surface area contributed by atoms with E-state index in [0.29, 0.717) is 5.56 Å². The minimum absolute atomic E-state index is 0.102. The van der Waals surface area contributed by atoms with Gasteiger partial charge in [0.05, 0.1) is 11.6 Å². The molecule has 100 valence electrons. The van der Waals surface area contributed by atoms with Gasteiger partial charge in [-0.15, -0.1) is 0 Å². The largest absolute Gasteiger partial charge is 0.478 e. The van der Waals surface area contributed by atoms with Gasteiger partial charge in [0.1, 0.15) is 0 Å². The molecule has 1 unspecified atom stereocenters. The van der Waals surface area contributed by atoms with Crippen molar-refractivity contribution in [1.29, 1.82) is 0 Å². The molecule has 1 aromatic heterocycles. The fraction of sp³-hybridized carbons (Fsp3) is 0.267. The minimum Gasteiger partial charge on any atom is -0.478 e. The highest BCUT2D eigenvalue weighted by Gasteiger charge is 2.19. The first-order valence-electron chi connectivity index (χ1n) is 6.09. The molecule has 2 aromatic rings. The van der Waals surface area contributed by atoms with Crippen LogP contribution in [-0.2, 0) is 0 Å². The molecule has 0 fully saturated rings. The van der Waals surface area contributed by atoms with Crippen LogP contribution in [0.2, 0.25) is 0 Å². The average Bonchev–Trinajstić information content (AvgIpc) is 2.64. The second-order valence-corrected chi connectivity index (χ2v) is 5.61. The number of carbonyl (C=O) groups is 1. The summed E-state index contributed by atoms with van der Waals surface area (Å²) >= 11 is 3.47. The third kappa shape index (κ3) is 2.59. The first-order valence-corrected chi connectivity index (χ1v) is 6.88. The molecule has 0 spiro atoms. The van der Waals surface area contributed by atoms with Crippen LogP contribution in [0.15, 0.2) is 34.8 Å². The Labute approximate surface area is 121 Å². The zero-order chi connectivity index (χ0) is 14.2. The Morgan fingerprint density at radius 2 is 2.00 bits per heavy atom. The summed E-state index contributed by atoms with van der Waals surface area (Å²) in [6.45, 7) is 5.87. The van der Waals surface area contributed by atoms with Crippen molar-refractivity contribution in [3.8, 4) is 0 Å². The molecule has 0 bridgehead atoms. The number of nitrogens with zero attached hydrogens (tertiary/aromatic N) is 1. The van der Waals surface area contributed by atoms with Gasteiger partial charge in [0.15, 0.2) is 0 Å². The molecule has 0 saturated carbocycles. The van der Waals surface area contributed by atoms with E-state index in [1.54, 1.807) is 6.07 Å². The maximum absolute atomic E-state index is 11.2. The van der Waals surface area contributed by atoms with E-state index in [2.05, 4.69) is 39.6 Å². The number of aromatic carboxylic acids is 1. The molecule has 0 aliphatic rings. The van der Waals surface area contributed by atoms with Crippen molar-refractivity contribution in [1.82, 2.24) is 4.57 Å². The highest BCUT2D eigenvalue weighted by atomic mass is 79.9. The maximum Gasteiger partial charge on any atom is 0.337 e. The minimum atomic E-state index is -0.874. The number of hydrogen-bond donors (Lipinski definition) is 1. The Morgan fingerprint density at radius 1 is 1.32 bits per heavy atom. The van der Waals surface area contributed by atoms with Gasteiger partial charge in [-0.25, -0.2) is 4.79 Å². The van der Waals surface area contributed by atoms with Crippen LogP contribution in [0.4, 0.5) is 0 Å². The molecule has 1 heterocycles. The summed E-state index contributed by atoms with van der Waals surface area (Å²) in [6.07, 6.45) is 0. The number of carboxylic acids is 1. The van der Waals surface area contributed by atoms with Crippen molar-refractivity contribution < 1.29 is 9.90 Å². The Hall–Kier alpha value is -1.55. The molecule has 3 nitrogen and oxygen atoms in total. The lowest BCUT2D eigenvalue weighted by Gasteiger charge is -2.19. The summed E-state index contributed by atoms with van der Waals surface area (Å²) in [5.74, 6) is -0.874. The van der Waals surface area contributed by atoms with E-state index >= 15 is 0 Å². The first-order chi connectivity index (χ1) is 8.91. The molecule has 19 heavy (non-hydrogen) atoms. The van der Waals surface area contributed by atoms with E-state index in [9.17, 15) is 9.90 Å². The molecule has 2 rings (SSSR count). The van der Waals surface area contributed by atoms with Crippen LogP contribution in [0.3, 0.4) is 0 Å². The first kappa shape index (κ1) is 13.9. The van der Waals surface area contributed by atoms with Gasteiger partial charge in [-0.2, -0.15) is 0 Å². The Bertz CT molecular complexity index is 631. The zero-order valence-corrected chi connectivity index (χ0v) is 12.7. The standard InChI is InChI=1S/C15H16BrNO2/c1-9-7-14(15(18)19)11(3)17(9)10(2)12-5-4-6-13(16)8-12/h4-8,10H,1-3H3,(H,18,19). The van der Waals surface area contributed by atoms with Crippen molar-refractivity contribution in [2.24, 2.45) is 0 Å². The molecular formula is C15H16BrNO2. The quantitative estimate of drug-likeness (QED) is 0.921. The lowest BCUT2D eigenvalue weighted by atomic mass is 10.1. The molecule has 0 aliphatic heterocycles. The molecular weight excluding hydrogens is 306 g/mol. The highest BCUT2D eigenvalue weighted by molar-refractivity contribution is 9.10. The van der Waals surface area contributed by atoms with Crippen LogP contribution in [0, 0.1) is 13.8 Å². The molecule has 0 aliphatic carbocycles. The molecule has 0 amide bonds. The molecule has 4 heteroatoms. The summed E-state index contributed by atoms with van der Waals surface area (Å²) in [7, 11) is 0. The monoisotopic (exact) mass is 321 g/mol. The highest BCUT2D eigenvalue weighted by Crippen LogP contribution is 2.27. The van der Waals surface area contributed by atoms with Gasteiger partial charge in [0.25, 0.3) is 0 Å². The number of aromatic nitrogens is 1. The van der Waals surface area contributed by atoms with Gasteiger partial charge in [-0.05, 0) is 44.5 Å². The normalized spacial score (nSPS) is 12.4. The lowest BCUT2D eigenvalue weighted by Crippen LogP contribution is -2.11. The predicted octanol–water partition coefficient (Wildman–Crippen LogP) is 4.17. The van der Waals surface area contributed by atoms with Crippen LogP contribution >= 0.6 is 15.9 Å². The van der Waals surface area contributed by atoms with Crippen molar-refractivity contribution >= 4 is 21.9 Å². The van der Waals surface area contributed by atoms with E-state index in [0.717, 1.165) is 21.4 Å². The van der Waals surface area contributed by atoms with Gasteiger partial charge in [0, 0.05) is 15.9 Å². The molecule has 1 N–H and O–H groups in total. The molecule has 0 saturated heterocycles. The Kier molecular flexibility index (Phi) is 3.80. The van der Waals surface area contributed by atoms with Crippen LogP contribution in [0.1, 0.15) is 40.3 Å². The summed E-state index contributed by atoms with van der Waals surface area (Å²) in [4.78, 5) is 11.2. The SMILES string of the molecule is Cc1cc(C(=O)O)c(C)n1C(C)c1cccc(Br)c1. The number of benzene rings is 1. The number of carboxylic acid groups (broad SMARTS) is 1. The topological polar surface area (TPSA) is 42.2 Å². The maximum atomic E-state index is 11.2. The summed E-state index contributed by atoms with van der Waals surface area (Å²) in [6, 6.07) is 9.91. The van der Waals surface area contributed by atoms with Gasteiger partial charge in [-0.3, -0.25) is 0 Å². The van der Waals surface area contributed by atoms with Gasteiger partial charge in [-0.1, -0.05) is 28.1 Å². The van der Waals surface area contributed by atoms with Gasteiger partial charge in [0.2, 0.25) is 0 Å². The third-order valence-electron chi connectivity index (χ3n) is 3.43. The fourth-order valence-electron chi connectivity index (χ4n) is 2.51. The zero-order valence-electron chi connectivity index (χ0n) is 11.1. The van der Waals surface area contributed by atoms with E-state index in [4.69, 9.17) is 0 Å². The summed E-state index contributed by atoms with van der Waals surface area (Å²) in [5.41, 5.74) is 3.27. The van der Waals surface area contributed by atoms with Crippen molar-refractivity contribution in [3.05, 3.63) is 57.3 Å². The number of rotatable bonds is 3. The average molecular weight is 322 g/mol. The summed E-state index contributed by atoms with van der Waals surface area (Å²) in [5, 5.41) is 9.18. The van der Waals surface area contributed by atoms with Crippen molar-refractivity contribution in [2.45, 2.75) is 26.8 Å². The van der Waals surface area contributed by atoms with Gasteiger partial charge >= 0.3 is 5.97 Å². The van der Waals surface area contributed by atoms with E-state index in [-0.39, 0.29) is 6.04 Å². The van der Waals surface area contributed by atoms with E-state index < -0.39 is 5.97 Å². The predicted molar refractivity (Wildman–Crippen MR) is 78.8 cm³/mol. The van der Waals surface area contributed by atoms with Crippen LogP contribution < -0.4 is 0 Å². The molecule has 1 aromatic carbocycles. The van der Waals surface area contributed by atoms with Crippen LogP contribution in [0.25, 0.3) is 0 Å². The van der Waals surface area contributed by atoms with Crippen LogP contribution in [-0.4, -0.2) is 15.6 Å². The van der Waals surface area contributed by atoms with E-state index in [1.165, 1.54) is 0 Å². The van der Waals surface area contributed by atoms with Crippen molar-refractivity contribution in [2.75, 3.05) is 0 Å². The smallest absolute Gasteiger partial charge is 0.337 e. The fourth-order valence-corrected chi connectivity index (χ4v) is 2.92.